The van der Waals surface area contributed by atoms with Gasteiger partial charge in [0.15, 0.2) is 0 Å². The standard InChI is InChI=1S/C14H17BrN2O2/c1-10(18)17(13-5-6-13)8-7-16-14(19)11-3-2-4-12(15)9-11/h2-4,9,13H,5-8H2,1H3,(H,16,19). The smallest absolute Gasteiger partial charge is 0.251 e. The van der Waals surface area contributed by atoms with E-state index in [4.69, 9.17) is 0 Å². The number of rotatable bonds is 5. The first-order valence-corrected chi connectivity index (χ1v) is 7.18. The Balaban J connectivity index is 1.82. The molecule has 0 heterocycles. The van der Waals surface area contributed by atoms with Crippen molar-refractivity contribution in [1.82, 2.24) is 10.2 Å². The minimum absolute atomic E-state index is 0.0826. The Hall–Kier alpha value is -1.36. The highest BCUT2D eigenvalue weighted by molar-refractivity contribution is 9.10. The minimum Gasteiger partial charge on any atom is -0.350 e. The molecule has 102 valence electrons. The van der Waals surface area contributed by atoms with Crippen LogP contribution in [0.3, 0.4) is 0 Å². The van der Waals surface area contributed by atoms with E-state index < -0.39 is 0 Å². The Bertz CT molecular complexity index is 486. The molecule has 0 atom stereocenters. The van der Waals surface area contributed by atoms with Crippen LogP contribution in [0, 0.1) is 0 Å². The zero-order valence-electron chi connectivity index (χ0n) is 10.9. The van der Waals surface area contributed by atoms with Crippen molar-refractivity contribution in [3.8, 4) is 0 Å². The number of benzene rings is 1. The van der Waals surface area contributed by atoms with Gasteiger partial charge < -0.3 is 10.2 Å². The minimum atomic E-state index is -0.111. The van der Waals surface area contributed by atoms with Gasteiger partial charge in [-0.15, -0.1) is 0 Å². The van der Waals surface area contributed by atoms with Gasteiger partial charge in [-0.3, -0.25) is 9.59 Å². The molecule has 1 aliphatic carbocycles. The molecule has 1 aliphatic rings. The largest absolute Gasteiger partial charge is 0.350 e. The Morgan fingerprint density at radius 1 is 1.42 bits per heavy atom. The summed E-state index contributed by atoms with van der Waals surface area (Å²) in [7, 11) is 0. The number of halogens is 1. The number of amides is 2. The zero-order valence-corrected chi connectivity index (χ0v) is 12.4. The summed E-state index contributed by atoms with van der Waals surface area (Å²) in [5, 5.41) is 2.84. The molecular formula is C14H17BrN2O2. The average molecular weight is 325 g/mol. The highest BCUT2D eigenvalue weighted by Gasteiger charge is 2.30. The van der Waals surface area contributed by atoms with E-state index in [2.05, 4.69) is 21.2 Å². The van der Waals surface area contributed by atoms with Crippen LogP contribution < -0.4 is 5.32 Å². The predicted octanol–water partition coefficient (Wildman–Crippen LogP) is 2.19. The maximum absolute atomic E-state index is 11.9. The van der Waals surface area contributed by atoms with Crippen molar-refractivity contribution >= 4 is 27.7 Å². The third kappa shape index (κ3) is 4.06. The second-order valence-corrected chi connectivity index (χ2v) is 5.63. The molecule has 0 bridgehead atoms. The molecule has 0 spiro atoms. The van der Waals surface area contributed by atoms with Gasteiger partial charge in [0, 0.05) is 36.1 Å². The summed E-state index contributed by atoms with van der Waals surface area (Å²) in [6.07, 6.45) is 2.16. The Morgan fingerprint density at radius 2 is 2.16 bits per heavy atom. The number of hydrogen-bond donors (Lipinski definition) is 1. The van der Waals surface area contributed by atoms with Crippen LogP contribution in [0.15, 0.2) is 28.7 Å². The van der Waals surface area contributed by atoms with Crippen molar-refractivity contribution in [3.63, 3.8) is 0 Å². The van der Waals surface area contributed by atoms with Crippen LogP contribution >= 0.6 is 15.9 Å². The fourth-order valence-corrected chi connectivity index (χ4v) is 2.40. The van der Waals surface area contributed by atoms with Gasteiger partial charge in [-0.05, 0) is 31.0 Å². The second kappa shape index (κ2) is 6.19. The molecule has 2 rings (SSSR count). The highest BCUT2D eigenvalue weighted by atomic mass is 79.9. The molecular weight excluding hydrogens is 308 g/mol. The van der Waals surface area contributed by atoms with Crippen molar-refractivity contribution in [3.05, 3.63) is 34.3 Å². The molecule has 1 fully saturated rings. The molecule has 1 aromatic carbocycles. The number of hydrogen-bond acceptors (Lipinski definition) is 2. The Labute approximate surface area is 121 Å². The maximum Gasteiger partial charge on any atom is 0.251 e. The Morgan fingerprint density at radius 3 is 2.74 bits per heavy atom. The van der Waals surface area contributed by atoms with E-state index in [0.717, 1.165) is 17.3 Å². The SMILES string of the molecule is CC(=O)N(CCNC(=O)c1cccc(Br)c1)C1CC1. The number of nitrogens with zero attached hydrogens (tertiary/aromatic N) is 1. The van der Waals surface area contributed by atoms with Crippen molar-refractivity contribution in [2.24, 2.45) is 0 Å². The Kier molecular flexibility index (Phi) is 4.58. The lowest BCUT2D eigenvalue weighted by molar-refractivity contribution is -0.129. The van der Waals surface area contributed by atoms with E-state index >= 15 is 0 Å². The lowest BCUT2D eigenvalue weighted by Gasteiger charge is -2.20. The van der Waals surface area contributed by atoms with Crippen LogP contribution in [0.2, 0.25) is 0 Å². The molecule has 0 saturated heterocycles. The van der Waals surface area contributed by atoms with E-state index in [1.54, 1.807) is 19.1 Å². The van der Waals surface area contributed by atoms with Crippen LogP contribution in [0.25, 0.3) is 0 Å². The van der Waals surface area contributed by atoms with Gasteiger partial charge in [-0.2, -0.15) is 0 Å². The monoisotopic (exact) mass is 324 g/mol. The molecule has 19 heavy (non-hydrogen) atoms. The van der Waals surface area contributed by atoms with E-state index in [0.29, 0.717) is 24.7 Å². The average Bonchev–Trinajstić information content (AvgIpc) is 3.18. The van der Waals surface area contributed by atoms with Gasteiger partial charge >= 0.3 is 0 Å². The molecule has 5 heteroatoms. The van der Waals surface area contributed by atoms with E-state index in [9.17, 15) is 9.59 Å². The molecule has 0 aromatic heterocycles. The van der Waals surface area contributed by atoms with Crippen LogP contribution in [0.4, 0.5) is 0 Å². The first kappa shape index (κ1) is 14.1. The number of carbonyl (C=O) groups is 2. The topological polar surface area (TPSA) is 49.4 Å². The fourth-order valence-electron chi connectivity index (χ4n) is 2.01. The third-order valence-corrected chi connectivity index (χ3v) is 3.61. The first-order chi connectivity index (χ1) is 9.08. The quantitative estimate of drug-likeness (QED) is 0.902. The highest BCUT2D eigenvalue weighted by Crippen LogP contribution is 2.26. The van der Waals surface area contributed by atoms with Crippen molar-refractivity contribution in [1.29, 1.82) is 0 Å². The molecule has 2 amide bonds. The predicted molar refractivity (Wildman–Crippen MR) is 76.9 cm³/mol. The summed E-state index contributed by atoms with van der Waals surface area (Å²) in [5.41, 5.74) is 0.621. The summed E-state index contributed by atoms with van der Waals surface area (Å²) in [5.74, 6) is -0.0280. The van der Waals surface area contributed by atoms with Gasteiger partial charge in [-0.1, -0.05) is 22.0 Å². The van der Waals surface area contributed by atoms with Crippen molar-refractivity contribution in [2.75, 3.05) is 13.1 Å². The zero-order chi connectivity index (χ0) is 13.8. The lowest BCUT2D eigenvalue weighted by Crippen LogP contribution is -2.38. The molecule has 0 aliphatic heterocycles. The van der Waals surface area contributed by atoms with Crippen molar-refractivity contribution < 1.29 is 9.59 Å². The fraction of sp³-hybridized carbons (Fsp3) is 0.429. The van der Waals surface area contributed by atoms with Gasteiger partial charge in [0.05, 0.1) is 0 Å². The molecule has 1 aromatic rings. The van der Waals surface area contributed by atoms with Crippen LogP contribution in [0.5, 0.6) is 0 Å². The lowest BCUT2D eigenvalue weighted by atomic mass is 10.2. The van der Waals surface area contributed by atoms with E-state index in [-0.39, 0.29) is 11.8 Å². The maximum atomic E-state index is 11.9. The number of carbonyl (C=O) groups excluding carboxylic acids is 2. The number of nitrogens with one attached hydrogen (secondary N) is 1. The molecule has 1 N–H and O–H groups in total. The van der Waals surface area contributed by atoms with Gasteiger partial charge in [0.2, 0.25) is 5.91 Å². The molecule has 4 nitrogen and oxygen atoms in total. The summed E-state index contributed by atoms with van der Waals surface area (Å²) < 4.78 is 0.878. The molecule has 0 unspecified atom stereocenters. The van der Waals surface area contributed by atoms with E-state index in [1.807, 2.05) is 17.0 Å². The van der Waals surface area contributed by atoms with Gasteiger partial charge in [0.25, 0.3) is 5.91 Å². The summed E-state index contributed by atoms with van der Waals surface area (Å²) in [6, 6.07) is 7.63. The molecule has 1 saturated carbocycles. The first-order valence-electron chi connectivity index (χ1n) is 6.39. The van der Waals surface area contributed by atoms with Crippen LogP contribution in [0.1, 0.15) is 30.1 Å². The third-order valence-electron chi connectivity index (χ3n) is 3.12. The van der Waals surface area contributed by atoms with Gasteiger partial charge in [-0.25, -0.2) is 0 Å². The normalized spacial score (nSPS) is 14.0. The summed E-state index contributed by atoms with van der Waals surface area (Å²) in [6.45, 7) is 2.65. The summed E-state index contributed by atoms with van der Waals surface area (Å²) >= 11 is 3.34. The molecule has 0 radical (unpaired) electrons. The van der Waals surface area contributed by atoms with Crippen LogP contribution in [-0.4, -0.2) is 35.8 Å². The van der Waals surface area contributed by atoms with E-state index in [1.165, 1.54) is 0 Å². The van der Waals surface area contributed by atoms with Gasteiger partial charge in [0.1, 0.15) is 0 Å². The second-order valence-electron chi connectivity index (χ2n) is 4.71. The van der Waals surface area contributed by atoms with Crippen molar-refractivity contribution in [2.45, 2.75) is 25.8 Å². The van der Waals surface area contributed by atoms with Crippen LogP contribution in [-0.2, 0) is 4.79 Å². The summed E-state index contributed by atoms with van der Waals surface area (Å²) in [4.78, 5) is 25.2.